The van der Waals surface area contributed by atoms with E-state index in [-0.39, 0.29) is 6.09 Å². The first-order valence-electron chi connectivity index (χ1n) is 12.9. The van der Waals surface area contributed by atoms with E-state index in [4.69, 9.17) is 4.74 Å². The summed E-state index contributed by atoms with van der Waals surface area (Å²) in [4.78, 5) is 14.9. The summed E-state index contributed by atoms with van der Waals surface area (Å²) < 4.78 is 5.27. The number of unbranched alkanes of at least 4 members (excludes halogenated alkanes) is 1. The van der Waals surface area contributed by atoms with E-state index in [9.17, 15) is 4.79 Å². The lowest BCUT2D eigenvalue weighted by Crippen LogP contribution is -2.46. The van der Waals surface area contributed by atoms with Gasteiger partial charge in [0.1, 0.15) is 0 Å². The van der Waals surface area contributed by atoms with Crippen LogP contribution in [0.25, 0.3) is 0 Å². The highest BCUT2D eigenvalue weighted by atomic mass is 16.5. The van der Waals surface area contributed by atoms with E-state index in [1.165, 1.54) is 90.0 Å². The highest BCUT2D eigenvalue weighted by Gasteiger charge is 2.30. The minimum Gasteiger partial charge on any atom is -0.450 e. The van der Waals surface area contributed by atoms with Crippen molar-refractivity contribution in [1.29, 1.82) is 0 Å². The fourth-order valence-corrected chi connectivity index (χ4v) is 5.93. The fourth-order valence-electron chi connectivity index (χ4n) is 5.93. The molecule has 3 aliphatic carbocycles. The zero-order chi connectivity index (χ0) is 20.3. The highest BCUT2D eigenvalue weighted by molar-refractivity contribution is 5.67. The maximum atomic E-state index is 11.9. The standard InChI is InChI=1S/C25H46N2O2/c1-2-3-20-29-25(28)26-22-16-14-21(15-17-22)18-19-27(23-10-6-4-7-11-23)24-12-8-5-9-13-24/h21-24H,2-20H2,1H3,(H,26,28). The Morgan fingerprint density at radius 3 is 2.00 bits per heavy atom. The molecular formula is C25H46N2O2. The lowest BCUT2D eigenvalue weighted by atomic mass is 9.83. The number of amides is 1. The van der Waals surface area contributed by atoms with Gasteiger partial charge in [0.05, 0.1) is 6.61 Å². The number of alkyl carbamates (subject to hydrolysis) is 1. The van der Waals surface area contributed by atoms with Gasteiger partial charge in [-0.05, 0) is 76.7 Å². The van der Waals surface area contributed by atoms with Crippen molar-refractivity contribution in [3.05, 3.63) is 0 Å². The number of ether oxygens (including phenoxy) is 1. The van der Waals surface area contributed by atoms with Crippen LogP contribution in [0.5, 0.6) is 0 Å². The van der Waals surface area contributed by atoms with Crippen LogP contribution in [-0.4, -0.2) is 42.3 Å². The third-order valence-electron chi connectivity index (χ3n) is 7.78. The van der Waals surface area contributed by atoms with Crippen molar-refractivity contribution in [3.63, 3.8) is 0 Å². The maximum absolute atomic E-state index is 11.9. The van der Waals surface area contributed by atoms with Crippen molar-refractivity contribution in [2.45, 2.75) is 134 Å². The van der Waals surface area contributed by atoms with Gasteiger partial charge in [-0.1, -0.05) is 51.9 Å². The van der Waals surface area contributed by atoms with Crippen molar-refractivity contribution in [3.8, 4) is 0 Å². The zero-order valence-electron chi connectivity index (χ0n) is 19.0. The van der Waals surface area contributed by atoms with E-state index in [1.54, 1.807) is 0 Å². The molecule has 0 spiro atoms. The number of nitrogens with one attached hydrogen (secondary N) is 1. The Morgan fingerprint density at radius 1 is 0.862 bits per heavy atom. The van der Waals surface area contributed by atoms with E-state index in [2.05, 4.69) is 17.1 Å². The van der Waals surface area contributed by atoms with Crippen molar-refractivity contribution in [1.82, 2.24) is 10.2 Å². The quantitative estimate of drug-likeness (QED) is 0.449. The topological polar surface area (TPSA) is 41.6 Å². The molecule has 0 aromatic heterocycles. The van der Waals surface area contributed by atoms with Crippen LogP contribution in [0.15, 0.2) is 0 Å². The summed E-state index contributed by atoms with van der Waals surface area (Å²) in [6.07, 6.45) is 22.4. The number of carbonyl (C=O) groups is 1. The first kappa shape index (κ1) is 22.9. The van der Waals surface area contributed by atoms with Gasteiger partial charge in [0, 0.05) is 18.1 Å². The largest absolute Gasteiger partial charge is 0.450 e. The summed E-state index contributed by atoms with van der Waals surface area (Å²) in [6, 6.07) is 2.05. The number of rotatable bonds is 9. The summed E-state index contributed by atoms with van der Waals surface area (Å²) in [5, 5.41) is 3.10. The molecule has 0 saturated heterocycles. The second-order valence-corrected chi connectivity index (χ2v) is 9.96. The van der Waals surface area contributed by atoms with Crippen molar-refractivity contribution in [2.24, 2.45) is 5.92 Å². The molecule has 29 heavy (non-hydrogen) atoms. The molecule has 4 heteroatoms. The van der Waals surface area contributed by atoms with Crippen LogP contribution >= 0.6 is 0 Å². The van der Waals surface area contributed by atoms with Crippen LogP contribution < -0.4 is 5.32 Å². The second-order valence-electron chi connectivity index (χ2n) is 9.96. The van der Waals surface area contributed by atoms with E-state index < -0.39 is 0 Å². The lowest BCUT2D eigenvalue weighted by molar-refractivity contribution is 0.0711. The Bertz CT molecular complexity index is 432. The van der Waals surface area contributed by atoms with Gasteiger partial charge < -0.3 is 10.1 Å². The van der Waals surface area contributed by atoms with Crippen LogP contribution in [0.3, 0.4) is 0 Å². The molecule has 3 rings (SSSR count). The summed E-state index contributed by atoms with van der Waals surface area (Å²) in [7, 11) is 0. The van der Waals surface area contributed by atoms with Crippen molar-refractivity contribution < 1.29 is 9.53 Å². The van der Waals surface area contributed by atoms with Gasteiger partial charge in [-0.25, -0.2) is 4.79 Å². The summed E-state index contributed by atoms with van der Waals surface area (Å²) in [6.45, 7) is 3.99. The van der Waals surface area contributed by atoms with Gasteiger partial charge in [-0.2, -0.15) is 0 Å². The molecule has 0 radical (unpaired) electrons. The minimum atomic E-state index is -0.206. The Kier molecular flexibility index (Phi) is 10.1. The van der Waals surface area contributed by atoms with E-state index in [0.717, 1.165) is 43.7 Å². The minimum absolute atomic E-state index is 0.206. The Hall–Kier alpha value is -0.770. The first-order chi connectivity index (χ1) is 14.3. The molecule has 3 saturated carbocycles. The predicted octanol–water partition coefficient (Wildman–Crippen LogP) is 6.43. The molecule has 0 aliphatic heterocycles. The number of hydrogen-bond acceptors (Lipinski definition) is 3. The number of nitrogens with zero attached hydrogens (tertiary/aromatic N) is 1. The molecule has 0 bridgehead atoms. The third-order valence-corrected chi connectivity index (χ3v) is 7.78. The van der Waals surface area contributed by atoms with Gasteiger partial charge >= 0.3 is 6.09 Å². The molecule has 168 valence electrons. The molecule has 0 heterocycles. The molecule has 0 unspecified atom stereocenters. The molecule has 0 atom stereocenters. The van der Waals surface area contributed by atoms with Crippen molar-refractivity contribution >= 4 is 6.09 Å². The van der Waals surface area contributed by atoms with E-state index in [1.807, 2.05) is 0 Å². The van der Waals surface area contributed by atoms with Crippen LogP contribution in [0.1, 0.15) is 116 Å². The highest BCUT2D eigenvalue weighted by Crippen LogP contribution is 2.33. The Labute approximate surface area is 179 Å². The maximum Gasteiger partial charge on any atom is 0.407 e. The number of hydrogen-bond donors (Lipinski definition) is 1. The lowest BCUT2D eigenvalue weighted by Gasteiger charge is -2.42. The molecule has 3 aliphatic rings. The van der Waals surface area contributed by atoms with Crippen LogP contribution in [0, 0.1) is 5.92 Å². The van der Waals surface area contributed by atoms with Gasteiger partial charge in [-0.3, -0.25) is 4.90 Å². The third kappa shape index (κ3) is 7.77. The predicted molar refractivity (Wildman–Crippen MR) is 120 cm³/mol. The van der Waals surface area contributed by atoms with Gasteiger partial charge in [0.2, 0.25) is 0 Å². The number of carbonyl (C=O) groups excluding carboxylic acids is 1. The Morgan fingerprint density at radius 2 is 1.45 bits per heavy atom. The van der Waals surface area contributed by atoms with Crippen LogP contribution in [0.2, 0.25) is 0 Å². The Balaban J connectivity index is 1.39. The monoisotopic (exact) mass is 406 g/mol. The molecule has 1 N–H and O–H groups in total. The smallest absolute Gasteiger partial charge is 0.407 e. The average Bonchev–Trinajstić information content (AvgIpc) is 2.77. The summed E-state index contributed by atoms with van der Waals surface area (Å²) in [5.41, 5.74) is 0. The molecule has 1 amide bonds. The van der Waals surface area contributed by atoms with Crippen LogP contribution in [0.4, 0.5) is 4.79 Å². The summed E-state index contributed by atoms with van der Waals surface area (Å²) in [5.74, 6) is 0.846. The molecule has 3 fully saturated rings. The van der Waals surface area contributed by atoms with Gasteiger partial charge in [0.25, 0.3) is 0 Å². The second kappa shape index (κ2) is 12.8. The SMILES string of the molecule is CCCCOC(=O)NC1CCC(CCN(C2CCCCC2)C2CCCCC2)CC1. The van der Waals surface area contributed by atoms with Crippen molar-refractivity contribution in [2.75, 3.05) is 13.2 Å². The van der Waals surface area contributed by atoms with E-state index >= 15 is 0 Å². The average molecular weight is 407 g/mol. The van der Waals surface area contributed by atoms with Crippen LogP contribution in [-0.2, 0) is 4.74 Å². The molecule has 0 aromatic rings. The zero-order valence-corrected chi connectivity index (χ0v) is 19.0. The van der Waals surface area contributed by atoms with Gasteiger partial charge in [-0.15, -0.1) is 0 Å². The summed E-state index contributed by atoms with van der Waals surface area (Å²) >= 11 is 0. The van der Waals surface area contributed by atoms with E-state index in [0.29, 0.717) is 12.6 Å². The molecular weight excluding hydrogens is 360 g/mol. The molecule has 4 nitrogen and oxygen atoms in total. The fraction of sp³-hybridized carbons (Fsp3) is 0.960. The van der Waals surface area contributed by atoms with Gasteiger partial charge in [0.15, 0.2) is 0 Å². The molecule has 0 aromatic carbocycles. The first-order valence-corrected chi connectivity index (χ1v) is 12.9. The normalized spacial score (nSPS) is 27.1.